The summed E-state index contributed by atoms with van der Waals surface area (Å²) in [7, 11) is 0. The van der Waals surface area contributed by atoms with Gasteiger partial charge in [0.1, 0.15) is 0 Å². The number of fused-ring (bicyclic) bond motifs is 1. The smallest absolute Gasteiger partial charge is 0.278 e. The topological polar surface area (TPSA) is 111 Å². The Balaban J connectivity index is 1.99. The van der Waals surface area contributed by atoms with Crippen LogP contribution < -0.4 is 11.1 Å². The van der Waals surface area contributed by atoms with Crippen molar-refractivity contribution < 1.29 is 9.72 Å². The summed E-state index contributed by atoms with van der Waals surface area (Å²) >= 11 is 0. The van der Waals surface area contributed by atoms with Gasteiger partial charge in [0.25, 0.3) is 5.69 Å². The van der Waals surface area contributed by atoms with E-state index in [9.17, 15) is 14.9 Å². The van der Waals surface area contributed by atoms with Gasteiger partial charge in [0.05, 0.1) is 16.2 Å². The Morgan fingerprint density at radius 2 is 2.04 bits per heavy atom. The zero-order chi connectivity index (χ0) is 16.4. The van der Waals surface area contributed by atoms with Crippen LogP contribution >= 0.6 is 0 Å². The van der Waals surface area contributed by atoms with Crippen molar-refractivity contribution in [3.8, 4) is 0 Å². The fourth-order valence-electron chi connectivity index (χ4n) is 3.30. The predicted octanol–water partition coefficient (Wildman–Crippen LogP) is 2.60. The maximum absolute atomic E-state index is 11.6. The number of nitro groups is 1. The van der Waals surface area contributed by atoms with Gasteiger partial charge < -0.3 is 11.1 Å². The van der Waals surface area contributed by atoms with Crippen molar-refractivity contribution in [3.05, 3.63) is 40.7 Å². The number of pyridine rings is 1. The van der Waals surface area contributed by atoms with Gasteiger partial charge in [0.2, 0.25) is 5.91 Å². The lowest BCUT2D eigenvalue weighted by Gasteiger charge is -2.31. The highest BCUT2D eigenvalue weighted by Gasteiger charge is 2.29. The number of non-ortho nitro benzene ring substituents is 1. The number of nitrogens with zero attached hydrogens (tertiary/aromatic N) is 2. The number of amides is 1. The van der Waals surface area contributed by atoms with E-state index in [2.05, 4.69) is 10.3 Å². The Kier molecular flexibility index (Phi) is 4.10. The average molecular weight is 314 g/mol. The number of aromatic nitrogens is 1. The molecule has 120 valence electrons. The number of primary amides is 1. The highest BCUT2D eigenvalue weighted by molar-refractivity contribution is 5.99. The third-order valence-electron chi connectivity index (χ3n) is 4.46. The van der Waals surface area contributed by atoms with Gasteiger partial charge in [0, 0.05) is 35.6 Å². The van der Waals surface area contributed by atoms with E-state index >= 15 is 0 Å². The lowest BCUT2D eigenvalue weighted by molar-refractivity contribution is -0.383. The molecule has 3 rings (SSSR count). The summed E-state index contributed by atoms with van der Waals surface area (Å²) in [6, 6.07) is 4.85. The fourth-order valence-corrected chi connectivity index (χ4v) is 3.30. The minimum atomic E-state index is -0.416. The summed E-state index contributed by atoms with van der Waals surface area (Å²) in [6.07, 6.45) is 6.76. The van der Waals surface area contributed by atoms with Crippen LogP contribution in [-0.2, 0) is 4.79 Å². The van der Waals surface area contributed by atoms with Crippen LogP contribution in [0.5, 0.6) is 0 Å². The Morgan fingerprint density at radius 3 is 2.78 bits per heavy atom. The van der Waals surface area contributed by atoms with Crippen LogP contribution in [-0.4, -0.2) is 21.9 Å². The van der Waals surface area contributed by atoms with Gasteiger partial charge in [-0.1, -0.05) is 12.8 Å². The van der Waals surface area contributed by atoms with Crippen LogP contribution in [0.2, 0.25) is 0 Å². The summed E-state index contributed by atoms with van der Waals surface area (Å²) in [4.78, 5) is 26.4. The van der Waals surface area contributed by atoms with Crippen molar-refractivity contribution in [1.29, 1.82) is 0 Å². The molecule has 1 heterocycles. The monoisotopic (exact) mass is 314 g/mol. The van der Waals surface area contributed by atoms with Gasteiger partial charge in [-0.3, -0.25) is 19.9 Å². The van der Waals surface area contributed by atoms with Gasteiger partial charge in [-0.2, -0.15) is 0 Å². The molecule has 2 unspecified atom stereocenters. The molecule has 23 heavy (non-hydrogen) atoms. The molecule has 0 radical (unpaired) electrons. The Morgan fingerprint density at radius 1 is 1.26 bits per heavy atom. The molecule has 1 saturated carbocycles. The lowest BCUT2D eigenvalue weighted by Crippen LogP contribution is -2.40. The predicted molar refractivity (Wildman–Crippen MR) is 87.0 cm³/mol. The Hall–Kier alpha value is -2.70. The zero-order valence-electron chi connectivity index (χ0n) is 12.6. The van der Waals surface area contributed by atoms with E-state index in [1.807, 2.05) is 0 Å². The molecular formula is C16H18N4O3. The molecule has 7 nitrogen and oxygen atoms in total. The van der Waals surface area contributed by atoms with Crippen LogP contribution in [0, 0.1) is 16.0 Å². The van der Waals surface area contributed by atoms with Crippen LogP contribution in [0.4, 0.5) is 11.4 Å². The van der Waals surface area contributed by atoms with Crippen molar-refractivity contribution in [2.45, 2.75) is 31.7 Å². The Labute approximate surface area is 133 Å². The van der Waals surface area contributed by atoms with Crippen LogP contribution in [0.25, 0.3) is 10.8 Å². The maximum atomic E-state index is 11.6. The third-order valence-corrected chi connectivity index (χ3v) is 4.46. The lowest BCUT2D eigenvalue weighted by atomic mass is 9.84. The minimum Gasteiger partial charge on any atom is -0.381 e. The Bertz CT molecular complexity index is 762. The first-order valence-electron chi connectivity index (χ1n) is 7.65. The first-order valence-corrected chi connectivity index (χ1v) is 7.65. The van der Waals surface area contributed by atoms with E-state index < -0.39 is 4.92 Å². The summed E-state index contributed by atoms with van der Waals surface area (Å²) in [6.45, 7) is 0. The standard InChI is InChI=1S/C16H18N4O3/c17-16(21)11-3-1-2-4-13(11)19-14-5-6-15(20(22)23)12-9-18-8-7-10(12)14/h5-9,11,13,19H,1-4H2,(H2,17,21). The zero-order valence-corrected chi connectivity index (χ0v) is 12.6. The number of hydrogen-bond acceptors (Lipinski definition) is 5. The second-order valence-corrected chi connectivity index (χ2v) is 5.85. The molecule has 1 aromatic carbocycles. The van der Waals surface area contributed by atoms with Gasteiger partial charge in [-0.15, -0.1) is 0 Å². The minimum absolute atomic E-state index is 0.0220. The molecule has 0 bridgehead atoms. The molecule has 7 heteroatoms. The first kappa shape index (κ1) is 15.2. The van der Waals surface area contributed by atoms with E-state index in [4.69, 9.17) is 5.73 Å². The molecule has 1 aliphatic rings. The fraction of sp³-hybridized carbons (Fsp3) is 0.375. The van der Waals surface area contributed by atoms with Crippen molar-refractivity contribution in [1.82, 2.24) is 4.98 Å². The van der Waals surface area contributed by atoms with E-state index in [1.54, 1.807) is 18.3 Å². The van der Waals surface area contributed by atoms with Crippen molar-refractivity contribution in [2.24, 2.45) is 11.7 Å². The quantitative estimate of drug-likeness (QED) is 0.665. The normalized spacial score (nSPS) is 21.0. The molecule has 2 atom stereocenters. The first-order chi connectivity index (χ1) is 11.1. The molecule has 3 N–H and O–H groups in total. The SMILES string of the molecule is NC(=O)C1CCCCC1Nc1ccc([N+](=O)[O-])c2cnccc12. The number of carbonyl (C=O) groups is 1. The molecular weight excluding hydrogens is 296 g/mol. The summed E-state index contributed by atoms with van der Waals surface area (Å²) in [5.74, 6) is -0.508. The average Bonchev–Trinajstić information content (AvgIpc) is 2.55. The number of anilines is 1. The second-order valence-electron chi connectivity index (χ2n) is 5.85. The maximum Gasteiger partial charge on any atom is 0.278 e. The number of nitrogens with two attached hydrogens (primary N) is 1. The molecule has 1 fully saturated rings. The number of nitrogens with one attached hydrogen (secondary N) is 1. The van der Waals surface area contributed by atoms with E-state index in [0.29, 0.717) is 5.39 Å². The van der Waals surface area contributed by atoms with Crippen molar-refractivity contribution in [2.75, 3.05) is 5.32 Å². The van der Waals surface area contributed by atoms with Crippen LogP contribution in [0.3, 0.4) is 0 Å². The summed E-state index contributed by atoms with van der Waals surface area (Å²) < 4.78 is 0. The summed E-state index contributed by atoms with van der Waals surface area (Å²) in [5, 5.41) is 15.7. The second kappa shape index (κ2) is 6.20. The number of benzene rings is 1. The largest absolute Gasteiger partial charge is 0.381 e. The number of nitro benzene ring substituents is 1. The van der Waals surface area contributed by atoms with E-state index in [0.717, 1.165) is 36.8 Å². The van der Waals surface area contributed by atoms with Crippen molar-refractivity contribution >= 4 is 28.1 Å². The van der Waals surface area contributed by atoms with Gasteiger partial charge >= 0.3 is 0 Å². The van der Waals surface area contributed by atoms with E-state index in [1.165, 1.54) is 12.3 Å². The van der Waals surface area contributed by atoms with Gasteiger partial charge in [0.15, 0.2) is 0 Å². The molecule has 1 aliphatic carbocycles. The number of rotatable bonds is 4. The summed E-state index contributed by atoms with van der Waals surface area (Å²) in [5.41, 5.74) is 6.30. The van der Waals surface area contributed by atoms with Crippen molar-refractivity contribution in [3.63, 3.8) is 0 Å². The van der Waals surface area contributed by atoms with Crippen LogP contribution in [0.1, 0.15) is 25.7 Å². The molecule has 0 saturated heterocycles. The highest BCUT2D eigenvalue weighted by Crippen LogP contribution is 2.33. The molecule has 0 spiro atoms. The number of carbonyl (C=O) groups excluding carboxylic acids is 1. The molecule has 1 amide bonds. The highest BCUT2D eigenvalue weighted by atomic mass is 16.6. The third kappa shape index (κ3) is 2.94. The van der Waals surface area contributed by atoms with Crippen LogP contribution in [0.15, 0.2) is 30.6 Å². The molecule has 1 aromatic heterocycles. The van der Waals surface area contributed by atoms with Gasteiger partial charge in [-0.25, -0.2) is 0 Å². The number of hydrogen-bond donors (Lipinski definition) is 2. The molecule has 0 aliphatic heterocycles. The van der Waals surface area contributed by atoms with E-state index in [-0.39, 0.29) is 23.6 Å². The van der Waals surface area contributed by atoms with Gasteiger partial charge in [-0.05, 0) is 25.0 Å². The molecule has 2 aromatic rings.